The number of rotatable bonds is 1. The highest BCUT2D eigenvalue weighted by atomic mass is 32.1. The number of H-pyrrole nitrogens is 2. The summed E-state index contributed by atoms with van der Waals surface area (Å²) in [5.41, 5.74) is 3.72. The molecule has 192 valence electrons. The van der Waals surface area contributed by atoms with Gasteiger partial charge in [-0.25, -0.2) is 14.4 Å². The Morgan fingerprint density at radius 3 is 2.79 bits per heavy atom. The molecule has 1 saturated carbocycles. The van der Waals surface area contributed by atoms with Gasteiger partial charge in [-0.1, -0.05) is 19.3 Å². The van der Waals surface area contributed by atoms with Crippen LogP contribution in [-0.2, 0) is 0 Å². The van der Waals surface area contributed by atoms with Gasteiger partial charge in [-0.15, -0.1) is 11.3 Å². The number of thiophene rings is 1. The van der Waals surface area contributed by atoms with Crippen LogP contribution in [0.1, 0.15) is 36.9 Å². The molecular weight excluding hydrogens is 515 g/mol. The van der Waals surface area contributed by atoms with E-state index in [0.717, 1.165) is 47.2 Å². The molecule has 39 heavy (non-hydrogen) atoms. The molecular formula is C28H21FN8OS. The van der Waals surface area contributed by atoms with Crippen LogP contribution in [0.5, 0.6) is 0 Å². The molecule has 0 aliphatic heterocycles. The van der Waals surface area contributed by atoms with Crippen LogP contribution in [0.25, 0.3) is 64.6 Å². The lowest BCUT2D eigenvalue weighted by molar-refractivity contribution is 0.0812. The molecule has 7 aromatic heterocycles. The first-order valence-electron chi connectivity index (χ1n) is 12.9. The van der Waals surface area contributed by atoms with E-state index in [2.05, 4.69) is 30.1 Å². The van der Waals surface area contributed by atoms with Crippen molar-refractivity contribution < 1.29 is 9.18 Å². The van der Waals surface area contributed by atoms with Crippen LogP contribution < -0.4 is 0 Å². The highest BCUT2D eigenvalue weighted by molar-refractivity contribution is 7.24. The molecule has 7 heterocycles. The van der Waals surface area contributed by atoms with E-state index in [0.29, 0.717) is 38.7 Å². The molecule has 7 aromatic rings. The number of pyridine rings is 3. The first kappa shape index (κ1) is 22.5. The first-order chi connectivity index (χ1) is 19.2. The standard InChI is InChI=1S/C28H21FN8OS/c29-22-17-13-32-26-21(22)25(35-36-26)27-33-18-8-9-31-24(23(18)34-27)19-6-7-20(39-19)37(16-10-15(17)11-30-12-16)28(38)14-4-2-1-3-5-14/h6-14H,1-5H2,(H,33,34)(H,32,35,36). The zero-order valence-electron chi connectivity index (χ0n) is 20.6. The molecule has 0 aromatic carbocycles. The van der Waals surface area contributed by atoms with Crippen molar-refractivity contribution in [3.8, 4) is 0 Å². The first-order valence-corrected chi connectivity index (χ1v) is 13.7. The summed E-state index contributed by atoms with van der Waals surface area (Å²) in [5, 5.41) is 8.20. The Kier molecular flexibility index (Phi) is 4.90. The predicted molar refractivity (Wildman–Crippen MR) is 150 cm³/mol. The number of aromatic amines is 2. The second-order valence-corrected chi connectivity index (χ2v) is 11.1. The van der Waals surface area contributed by atoms with Gasteiger partial charge in [0.1, 0.15) is 27.2 Å². The van der Waals surface area contributed by atoms with Crippen LogP contribution in [0.3, 0.4) is 0 Å². The second-order valence-electron chi connectivity index (χ2n) is 10.0. The van der Waals surface area contributed by atoms with Crippen molar-refractivity contribution in [1.82, 2.24) is 39.7 Å². The Labute approximate surface area is 223 Å². The van der Waals surface area contributed by atoms with E-state index < -0.39 is 5.82 Å². The molecule has 11 heteroatoms. The van der Waals surface area contributed by atoms with Crippen LogP contribution in [0.2, 0.25) is 0 Å². The van der Waals surface area contributed by atoms with Gasteiger partial charge in [0, 0.05) is 35.3 Å². The van der Waals surface area contributed by atoms with Crippen molar-refractivity contribution in [3.05, 3.63) is 54.9 Å². The van der Waals surface area contributed by atoms with Crippen molar-refractivity contribution in [2.24, 2.45) is 5.92 Å². The van der Waals surface area contributed by atoms with Gasteiger partial charge in [0.25, 0.3) is 0 Å². The third-order valence-corrected chi connectivity index (χ3v) is 8.74. The number of hydrogen-bond acceptors (Lipinski definition) is 7. The van der Waals surface area contributed by atoms with Gasteiger partial charge < -0.3 is 4.98 Å². The summed E-state index contributed by atoms with van der Waals surface area (Å²) in [6.07, 6.45) is 11.4. The average Bonchev–Trinajstić information content (AvgIpc) is 3.72. The summed E-state index contributed by atoms with van der Waals surface area (Å²) < 4.78 is 18.8. The maximum atomic E-state index is 16.2. The fourth-order valence-electron chi connectivity index (χ4n) is 5.72. The maximum Gasteiger partial charge on any atom is 0.235 e. The van der Waals surface area contributed by atoms with Gasteiger partial charge in [-0.05, 0) is 37.1 Å². The van der Waals surface area contributed by atoms with Crippen molar-refractivity contribution in [2.45, 2.75) is 32.1 Å². The molecule has 8 bridgehead atoms. The van der Waals surface area contributed by atoms with Gasteiger partial charge in [0.15, 0.2) is 11.3 Å². The van der Waals surface area contributed by atoms with Crippen LogP contribution in [0.4, 0.5) is 4.39 Å². The fourth-order valence-corrected chi connectivity index (χ4v) is 6.75. The summed E-state index contributed by atoms with van der Waals surface area (Å²) in [5.74, 6) is -0.529. The van der Waals surface area contributed by atoms with Crippen LogP contribution in [0.15, 0.2) is 49.1 Å². The third-order valence-electron chi connectivity index (χ3n) is 7.66. The molecule has 8 rings (SSSR count). The Bertz CT molecular complexity index is 2170. The Hall–Kier alpha value is -4.51. The quantitative estimate of drug-likeness (QED) is 0.245. The van der Waals surface area contributed by atoms with Crippen LogP contribution in [-0.4, -0.2) is 45.6 Å². The molecule has 0 radical (unpaired) electrons. The Morgan fingerprint density at radius 1 is 1.00 bits per heavy atom. The highest BCUT2D eigenvalue weighted by Crippen LogP contribution is 2.32. The van der Waals surface area contributed by atoms with E-state index in [-0.39, 0.29) is 22.6 Å². The number of carbonyl (C=O) groups is 1. The third kappa shape index (κ3) is 3.42. The number of imidazole rings is 1. The van der Waals surface area contributed by atoms with Gasteiger partial charge in [-0.3, -0.25) is 24.4 Å². The van der Waals surface area contributed by atoms with E-state index in [1.54, 1.807) is 23.2 Å². The summed E-state index contributed by atoms with van der Waals surface area (Å²) in [7, 11) is 0. The van der Waals surface area contributed by atoms with Gasteiger partial charge in [-0.2, -0.15) is 5.10 Å². The van der Waals surface area contributed by atoms with E-state index in [1.165, 1.54) is 17.5 Å². The Morgan fingerprint density at radius 2 is 1.90 bits per heavy atom. The van der Waals surface area contributed by atoms with Crippen molar-refractivity contribution in [2.75, 3.05) is 0 Å². The van der Waals surface area contributed by atoms with Gasteiger partial charge in [0.2, 0.25) is 5.91 Å². The summed E-state index contributed by atoms with van der Waals surface area (Å²) in [6, 6.07) is 7.55. The van der Waals surface area contributed by atoms with E-state index in [9.17, 15) is 4.79 Å². The molecule has 0 atom stereocenters. The lowest BCUT2D eigenvalue weighted by atomic mass is 9.88. The van der Waals surface area contributed by atoms with Crippen molar-refractivity contribution in [3.63, 3.8) is 0 Å². The minimum Gasteiger partial charge on any atom is -0.336 e. The van der Waals surface area contributed by atoms with Gasteiger partial charge in [0.05, 0.1) is 27.3 Å². The molecule has 2 N–H and O–H groups in total. The number of carbonyl (C=O) groups excluding carboxylic acids is 1. The normalized spacial score (nSPS) is 14.8. The number of fused-ring (bicyclic) bond motifs is 9. The minimum absolute atomic E-state index is 0.0331. The van der Waals surface area contributed by atoms with Crippen LogP contribution in [0, 0.1) is 11.7 Å². The number of nitrogens with zero attached hydrogens (tertiary/aromatic N) is 6. The molecule has 1 aliphatic carbocycles. The van der Waals surface area contributed by atoms with Crippen LogP contribution >= 0.6 is 11.3 Å². The molecule has 9 nitrogen and oxygen atoms in total. The number of aromatic nitrogens is 8. The molecule has 0 spiro atoms. The monoisotopic (exact) mass is 536 g/mol. The summed E-state index contributed by atoms with van der Waals surface area (Å²) in [4.78, 5) is 36.4. The van der Waals surface area contributed by atoms with Gasteiger partial charge >= 0.3 is 0 Å². The zero-order valence-corrected chi connectivity index (χ0v) is 21.4. The van der Waals surface area contributed by atoms with Crippen molar-refractivity contribution in [1.29, 1.82) is 0 Å². The second kappa shape index (κ2) is 8.50. The minimum atomic E-state index is -0.487. The lowest BCUT2D eigenvalue weighted by Crippen LogP contribution is -2.24. The lowest BCUT2D eigenvalue weighted by Gasteiger charge is -2.21. The smallest absolute Gasteiger partial charge is 0.235 e. The largest absolute Gasteiger partial charge is 0.336 e. The maximum absolute atomic E-state index is 16.2. The number of nitrogens with one attached hydrogen (secondary N) is 2. The molecule has 1 fully saturated rings. The fraction of sp³-hybridized carbons (Fsp3) is 0.214. The summed E-state index contributed by atoms with van der Waals surface area (Å²) in [6.45, 7) is 0. The van der Waals surface area contributed by atoms with E-state index in [4.69, 9.17) is 4.98 Å². The van der Waals surface area contributed by atoms with Crippen molar-refractivity contribution >= 4 is 81.8 Å². The number of halogens is 1. The summed E-state index contributed by atoms with van der Waals surface area (Å²) >= 11 is 1.47. The molecule has 0 amide bonds. The predicted octanol–water partition coefficient (Wildman–Crippen LogP) is 6.58. The molecule has 1 aliphatic rings. The number of hydrogen-bond donors (Lipinski definition) is 2. The van der Waals surface area contributed by atoms with E-state index >= 15 is 4.39 Å². The average molecular weight is 537 g/mol. The van der Waals surface area contributed by atoms with E-state index in [1.807, 2.05) is 24.3 Å². The molecule has 0 unspecified atom stereocenters. The molecule has 0 saturated heterocycles. The SMILES string of the molecule is O=C(C1CCCCC1)n1c2cncc(c2)c2cnc3[nH]nc(c4nc5c(ccnc5c5ccc1s5)[nH]4)c3c2F. The topological polar surface area (TPSA) is 118 Å². The zero-order chi connectivity index (χ0) is 26.1. The Balaban J connectivity index is 1.59. The highest BCUT2D eigenvalue weighted by Gasteiger charge is 2.24.